The first-order chi connectivity index (χ1) is 16.9. The van der Waals surface area contributed by atoms with Crippen molar-refractivity contribution in [1.29, 1.82) is 0 Å². The summed E-state index contributed by atoms with van der Waals surface area (Å²) in [6, 6.07) is 30.7. The van der Waals surface area contributed by atoms with Crippen molar-refractivity contribution in [3.8, 4) is 0 Å². The van der Waals surface area contributed by atoms with E-state index in [4.69, 9.17) is 0 Å². The Balaban J connectivity index is 1.55. The number of hydrogen-bond acceptors (Lipinski definition) is 3. The molecule has 4 rings (SSSR count). The monoisotopic (exact) mass is 480 g/mol. The van der Waals surface area contributed by atoms with E-state index in [1.54, 1.807) is 0 Å². The predicted octanol–water partition coefficient (Wildman–Crippen LogP) is 7.34. The number of aryl methyl sites for hydroxylation is 2. The molecule has 0 saturated carbocycles. The molecule has 2 N–H and O–H groups in total. The number of rotatable bonds is 7. The summed E-state index contributed by atoms with van der Waals surface area (Å²) in [4.78, 5) is 27.0. The van der Waals surface area contributed by atoms with Gasteiger partial charge in [0.15, 0.2) is 0 Å². The lowest BCUT2D eigenvalue weighted by Crippen LogP contribution is -2.19. The van der Waals surface area contributed by atoms with Crippen molar-refractivity contribution < 1.29 is 9.59 Å². The number of carbonyl (C=O) groups excluding carboxylic acids is 2. The zero-order chi connectivity index (χ0) is 24.8. The summed E-state index contributed by atoms with van der Waals surface area (Å²) in [5.41, 5.74) is 6.30. The van der Waals surface area contributed by atoms with Gasteiger partial charge >= 0.3 is 0 Å². The topological polar surface area (TPSA) is 58.2 Å². The molecule has 35 heavy (non-hydrogen) atoms. The van der Waals surface area contributed by atoms with Gasteiger partial charge in [0.1, 0.15) is 5.25 Å². The van der Waals surface area contributed by atoms with Gasteiger partial charge in [-0.05, 0) is 73.9 Å². The van der Waals surface area contributed by atoms with Crippen LogP contribution in [0.25, 0.3) is 0 Å². The second kappa shape index (κ2) is 11.1. The summed E-state index contributed by atoms with van der Waals surface area (Å²) in [6.45, 7) is 6.03. The fraction of sp³-hybridized carbons (Fsp3) is 0.133. The molecule has 0 aliphatic heterocycles. The van der Waals surface area contributed by atoms with E-state index in [0.29, 0.717) is 11.3 Å². The highest BCUT2D eigenvalue weighted by Gasteiger charge is 2.23. The minimum absolute atomic E-state index is 0.0935. The van der Waals surface area contributed by atoms with Gasteiger partial charge in [-0.1, -0.05) is 66.2 Å². The third kappa shape index (κ3) is 6.19. The molecule has 5 heteroatoms. The van der Waals surface area contributed by atoms with Crippen molar-refractivity contribution in [1.82, 2.24) is 0 Å². The molecule has 4 nitrogen and oxygen atoms in total. The first-order valence-electron chi connectivity index (χ1n) is 11.5. The number of amides is 2. The highest BCUT2D eigenvalue weighted by Crippen LogP contribution is 2.37. The first kappa shape index (κ1) is 24.3. The molecule has 0 aliphatic carbocycles. The molecule has 0 spiro atoms. The number of carbonyl (C=O) groups is 2. The summed E-state index contributed by atoms with van der Waals surface area (Å²) in [6.07, 6.45) is 0. The second-order valence-corrected chi connectivity index (χ2v) is 9.67. The number of anilines is 2. The Labute approximate surface area is 210 Å². The molecule has 1 unspecified atom stereocenters. The predicted molar refractivity (Wildman–Crippen MR) is 145 cm³/mol. The van der Waals surface area contributed by atoms with Crippen LogP contribution in [-0.2, 0) is 4.79 Å². The minimum atomic E-state index is -0.459. The fourth-order valence-electron chi connectivity index (χ4n) is 3.68. The summed E-state index contributed by atoms with van der Waals surface area (Å²) >= 11 is 1.45. The third-order valence-corrected chi connectivity index (χ3v) is 7.11. The SMILES string of the molecule is Cc1ccc(C(=O)Nc2cccc(SC(C(=O)Nc3cccc(C)c3C)c3ccccc3)c2)cc1. The molecule has 0 fully saturated rings. The van der Waals surface area contributed by atoms with Crippen LogP contribution >= 0.6 is 11.8 Å². The molecule has 1 atom stereocenters. The van der Waals surface area contributed by atoms with E-state index in [1.165, 1.54) is 11.8 Å². The van der Waals surface area contributed by atoms with Crippen LogP contribution in [0.4, 0.5) is 11.4 Å². The van der Waals surface area contributed by atoms with Crippen LogP contribution in [0.1, 0.15) is 37.9 Å². The van der Waals surface area contributed by atoms with E-state index >= 15 is 0 Å². The van der Waals surface area contributed by atoms with Crippen LogP contribution in [0.2, 0.25) is 0 Å². The molecule has 176 valence electrons. The van der Waals surface area contributed by atoms with Gasteiger partial charge in [0.05, 0.1) is 0 Å². The Kier molecular flexibility index (Phi) is 7.68. The normalized spacial score (nSPS) is 11.5. The molecule has 0 saturated heterocycles. The molecule has 0 aromatic heterocycles. The maximum Gasteiger partial charge on any atom is 0.255 e. The van der Waals surface area contributed by atoms with Crippen molar-refractivity contribution >= 4 is 35.0 Å². The molecule has 0 radical (unpaired) electrons. The molecule has 4 aromatic carbocycles. The maximum atomic E-state index is 13.5. The number of benzene rings is 4. The van der Waals surface area contributed by atoms with Crippen molar-refractivity contribution in [2.75, 3.05) is 10.6 Å². The first-order valence-corrected chi connectivity index (χ1v) is 12.4. The number of thioether (sulfide) groups is 1. The van der Waals surface area contributed by atoms with Gasteiger partial charge in [0.25, 0.3) is 5.91 Å². The summed E-state index contributed by atoms with van der Waals surface area (Å²) in [5.74, 6) is -0.261. The van der Waals surface area contributed by atoms with Gasteiger partial charge in [0.2, 0.25) is 5.91 Å². The van der Waals surface area contributed by atoms with Crippen molar-refractivity contribution in [3.05, 3.63) is 125 Å². The summed E-state index contributed by atoms with van der Waals surface area (Å²) in [7, 11) is 0. The van der Waals surface area contributed by atoms with E-state index in [0.717, 1.165) is 32.8 Å². The fourth-order valence-corrected chi connectivity index (χ4v) is 4.76. The summed E-state index contributed by atoms with van der Waals surface area (Å²) < 4.78 is 0. The highest BCUT2D eigenvalue weighted by molar-refractivity contribution is 8.00. The molecule has 4 aromatic rings. The average Bonchev–Trinajstić information content (AvgIpc) is 2.86. The zero-order valence-corrected chi connectivity index (χ0v) is 20.9. The largest absolute Gasteiger partial charge is 0.325 e. The Morgan fingerprint density at radius 1 is 0.743 bits per heavy atom. The standard InChI is InChI=1S/C30H28N2O2S/c1-20-15-17-24(18-16-20)29(33)31-25-12-8-13-26(19-25)35-28(23-10-5-4-6-11-23)30(34)32-27-14-7-9-21(2)22(27)3/h4-19,28H,1-3H3,(H,31,33)(H,32,34). The highest BCUT2D eigenvalue weighted by atomic mass is 32.2. The van der Waals surface area contributed by atoms with Crippen LogP contribution < -0.4 is 10.6 Å². The zero-order valence-electron chi connectivity index (χ0n) is 20.0. The van der Waals surface area contributed by atoms with E-state index in [2.05, 4.69) is 10.6 Å². The van der Waals surface area contributed by atoms with E-state index < -0.39 is 5.25 Å². The van der Waals surface area contributed by atoms with Gasteiger partial charge in [-0.15, -0.1) is 11.8 Å². The molecule has 0 heterocycles. The van der Waals surface area contributed by atoms with E-state index in [9.17, 15) is 9.59 Å². The lowest BCUT2D eigenvalue weighted by atomic mass is 10.1. The van der Waals surface area contributed by atoms with Gasteiger partial charge in [-0.25, -0.2) is 0 Å². The smallest absolute Gasteiger partial charge is 0.255 e. The van der Waals surface area contributed by atoms with Crippen LogP contribution in [0.5, 0.6) is 0 Å². The van der Waals surface area contributed by atoms with Gasteiger partial charge in [0, 0.05) is 21.8 Å². The number of hydrogen-bond donors (Lipinski definition) is 2. The lowest BCUT2D eigenvalue weighted by Gasteiger charge is -2.19. The maximum absolute atomic E-state index is 13.5. The molecular weight excluding hydrogens is 452 g/mol. The molecule has 2 amide bonds. The van der Waals surface area contributed by atoms with Crippen LogP contribution in [0.3, 0.4) is 0 Å². The van der Waals surface area contributed by atoms with Crippen LogP contribution in [0.15, 0.2) is 102 Å². The molecule has 0 aliphatic rings. The lowest BCUT2D eigenvalue weighted by molar-refractivity contribution is -0.115. The number of nitrogens with one attached hydrogen (secondary N) is 2. The summed E-state index contributed by atoms with van der Waals surface area (Å²) in [5, 5.41) is 5.62. The minimum Gasteiger partial charge on any atom is -0.325 e. The van der Waals surface area contributed by atoms with Gasteiger partial charge < -0.3 is 10.6 Å². The second-order valence-electron chi connectivity index (χ2n) is 8.49. The van der Waals surface area contributed by atoms with E-state index in [1.807, 2.05) is 118 Å². The molecule has 0 bridgehead atoms. The average molecular weight is 481 g/mol. The molecular formula is C30H28N2O2S. The van der Waals surface area contributed by atoms with Gasteiger partial charge in [-0.2, -0.15) is 0 Å². The van der Waals surface area contributed by atoms with Gasteiger partial charge in [-0.3, -0.25) is 9.59 Å². The van der Waals surface area contributed by atoms with Crippen molar-refractivity contribution in [3.63, 3.8) is 0 Å². The Bertz CT molecular complexity index is 1330. The van der Waals surface area contributed by atoms with Crippen LogP contribution in [-0.4, -0.2) is 11.8 Å². The van der Waals surface area contributed by atoms with E-state index in [-0.39, 0.29) is 11.8 Å². The Hall–Kier alpha value is -3.83. The van der Waals surface area contributed by atoms with Crippen molar-refractivity contribution in [2.24, 2.45) is 0 Å². The third-order valence-electron chi connectivity index (χ3n) is 5.86. The Morgan fingerprint density at radius 2 is 1.46 bits per heavy atom. The van der Waals surface area contributed by atoms with Crippen molar-refractivity contribution in [2.45, 2.75) is 30.9 Å². The quantitative estimate of drug-likeness (QED) is 0.272. The van der Waals surface area contributed by atoms with Crippen LogP contribution in [0, 0.1) is 20.8 Å². The Morgan fingerprint density at radius 3 is 2.20 bits per heavy atom.